The van der Waals surface area contributed by atoms with Crippen LogP contribution in [0.2, 0.25) is 0 Å². The van der Waals surface area contributed by atoms with Crippen molar-refractivity contribution in [2.75, 3.05) is 0 Å². The summed E-state index contributed by atoms with van der Waals surface area (Å²) in [5.74, 6) is -0.852. The van der Waals surface area contributed by atoms with Crippen LogP contribution < -0.4 is 0 Å². The zero-order valence-electron chi connectivity index (χ0n) is 15.9. The molecule has 5 heteroatoms. The van der Waals surface area contributed by atoms with Crippen LogP contribution in [0.3, 0.4) is 0 Å². The smallest absolute Gasteiger partial charge is 0.310 e. The van der Waals surface area contributed by atoms with E-state index in [2.05, 4.69) is 0 Å². The van der Waals surface area contributed by atoms with Crippen molar-refractivity contribution < 1.29 is 19.3 Å². The van der Waals surface area contributed by atoms with Gasteiger partial charge in [0.25, 0.3) is 0 Å². The zero-order valence-corrected chi connectivity index (χ0v) is 16.9. The number of carboxylic acid groups (broad SMARTS) is 1. The molecule has 1 aromatic carbocycles. The van der Waals surface area contributed by atoms with Gasteiger partial charge in [0, 0.05) is 11.0 Å². The number of rotatable bonds is 4. The Morgan fingerprint density at radius 2 is 1.44 bits per heavy atom. The molecular formula is C20H29O4P. The highest BCUT2D eigenvalue weighted by Gasteiger charge is 2.55. The van der Waals surface area contributed by atoms with Gasteiger partial charge in [-0.2, -0.15) is 0 Å². The molecule has 0 saturated heterocycles. The Kier molecular flexibility index (Phi) is 7.08. The standard InChI is InChI=1S/C20H28O3.HOP/c1-13-11-14(2)16(15(3)12-13)17(21)20(9-7-6-8-10-20)19(4,5)18(22)23;1-2/h11-12H,6-10H2,1-5H3,(H,22,23);2H. The van der Waals surface area contributed by atoms with Crippen LogP contribution in [0.25, 0.3) is 0 Å². The van der Waals surface area contributed by atoms with E-state index in [9.17, 15) is 14.7 Å². The predicted octanol–water partition coefficient (Wildman–Crippen LogP) is 5.33. The Bertz CT molecular complexity index is 635. The first-order valence-corrected chi connectivity index (χ1v) is 9.11. The largest absolute Gasteiger partial charge is 0.481 e. The minimum Gasteiger partial charge on any atom is -0.481 e. The number of ketones is 1. The summed E-state index contributed by atoms with van der Waals surface area (Å²) >= 11 is 0. The highest BCUT2D eigenvalue weighted by Crippen LogP contribution is 2.52. The van der Waals surface area contributed by atoms with Gasteiger partial charge >= 0.3 is 5.97 Å². The molecule has 0 radical (unpaired) electrons. The maximum absolute atomic E-state index is 13.6. The van der Waals surface area contributed by atoms with Gasteiger partial charge in [0.15, 0.2) is 5.78 Å². The summed E-state index contributed by atoms with van der Waals surface area (Å²) < 4.78 is 8.06. The number of carbonyl (C=O) groups is 2. The van der Waals surface area contributed by atoms with Crippen LogP contribution in [0.1, 0.15) is 73.0 Å². The molecule has 0 aliphatic heterocycles. The fourth-order valence-electron chi connectivity index (χ4n) is 4.27. The van der Waals surface area contributed by atoms with Crippen molar-refractivity contribution in [3.05, 3.63) is 34.4 Å². The van der Waals surface area contributed by atoms with Gasteiger partial charge in [0.1, 0.15) is 9.12 Å². The number of Topliss-reactive ketones (excluding diaryl/α,β-unsaturated/α-hetero) is 1. The summed E-state index contributed by atoms with van der Waals surface area (Å²) in [6.07, 6.45) is 4.26. The molecule has 0 aromatic heterocycles. The maximum atomic E-state index is 13.6. The zero-order chi connectivity index (χ0) is 19.4. The van der Waals surface area contributed by atoms with E-state index >= 15 is 0 Å². The van der Waals surface area contributed by atoms with Crippen molar-refractivity contribution in [2.45, 2.75) is 66.7 Å². The first kappa shape index (κ1) is 21.5. The Morgan fingerprint density at radius 3 is 1.84 bits per heavy atom. The van der Waals surface area contributed by atoms with Crippen LogP contribution in [0.15, 0.2) is 12.1 Å². The molecule has 0 unspecified atom stereocenters. The molecule has 0 amide bonds. The quantitative estimate of drug-likeness (QED) is 0.579. The van der Waals surface area contributed by atoms with Gasteiger partial charge in [-0.1, -0.05) is 37.0 Å². The second kappa shape index (κ2) is 8.23. The molecule has 4 nitrogen and oxygen atoms in total. The number of hydrogen-bond donors (Lipinski definition) is 1. The molecule has 1 aliphatic rings. The van der Waals surface area contributed by atoms with E-state index in [0.29, 0.717) is 12.8 Å². The SMILES string of the molecule is Cc1cc(C)c(C(=O)C2(C(C)(C)C(=O)O)CCCCC2)c(C)c1.O=P. The Hall–Kier alpha value is -1.54. The summed E-state index contributed by atoms with van der Waals surface area (Å²) in [4.78, 5) is 25.5. The van der Waals surface area contributed by atoms with Crippen LogP contribution in [0, 0.1) is 31.6 Å². The predicted molar refractivity (Wildman–Crippen MR) is 101 cm³/mol. The van der Waals surface area contributed by atoms with Crippen molar-refractivity contribution in [2.24, 2.45) is 10.8 Å². The lowest BCUT2D eigenvalue weighted by Crippen LogP contribution is -2.50. The highest BCUT2D eigenvalue weighted by molar-refractivity contribution is 7.00. The summed E-state index contributed by atoms with van der Waals surface area (Å²) in [7, 11) is 1.72. The Balaban J connectivity index is 0.00000151. The van der Waals surface area contributed by atoms with E-state index in [1.54, 1.807) is 23.0 Å². The third-order valence-electron chi connectivity index (χ3n) is 5.78. The summed E-state index contributed by atoms with van der Waals surface area (Å²) in [5, 5.41) is 9.79. The van der Waals surface area contributed by atoms with Gasteiger partial charge in [-0.3, -0.25) is 14.2 Å². The fraction of sp³-hybridized carbons (Fsp3) is 0.600. The number of carboxylic acids is 1. The second-order valence-electron chi connectivity index (χ2n) is 7.68. The van der Waals surface area contributed by atoms with E-state index < -0.39 is 16.8 Å². The van der Waals surface area contributed by atoms with Gasteiger partial charge in [-0.15, -0.1) is 0 Å². The first-order chi connectivity index (χ1) is 11.6. The molecule has 0 atom stereocenters. The Morgan fingerprint density at radius 1 is 1.00 bits per heavy atom. The second-order valence-corrected chi connectivity index (χ2v) is 7.68. The molecule has 0 bridgehead atoms. The molecule has 0 heterocycles. The molecule has 1 aliphatic carbocycles. The van der Waals surface area contributed by atoms with Crippen LogP contribution in [0.5, 0.6) is 0 Å². The number of carbonyl (C=O) groups excluding carboxylic acids is 1. The topological polar surface area (TPSA) is 71.4 Å². The monoisotopic (exact) mass is 364 g/mol. The van der Waals surface area contributed by atoms with E-state index in [1.807, 2.05) is 32.9 Å². The van der Waals surface area contributed by atoms with Gasteiger partial charge in [0.05, 0.1) is 5.41 Å². The van der Waals surface area contributed by atoms with Crippen LogP contribution in [-0.4, -0.2) is 16.9 Å². The third-order valence-corrected chi connectivity index (χ3v) is 5.78. The molecule has 1 N–H and O–H groups in total. The Labute approximate surface area is 152 Å². The fourth-order valence-corrected chi connectivity index (χ4v) is 4.27. The van der Waals surface area contributed by atoms with Crippen molar-refractivity contribution in [3.63, 3.8) is 0 Å². The summed E-state index contributed by atoms with van der Waals surface area (Å²) in [6, 6.07) is 4.04. The maximum Gasteiger partial charge on any atom is 0.310 e. The van der Waals surface area contributed by atoms with Crippen LogP contribution in [0.4, 0.5) is 0 Å². The molecule has 0 spiro atoms. The number of aliphatic carboxylic acids is 1. The molecule has 1 fully saturated rings. The van der Waals surface area contributed by atoms with Crippen LogP contribution >= 0.6 is 9.12 Å². The van der Waals surface area contributed by atoms with Gasteiger partial charge in [-0.25, -0.2) is 0 Å². The van der Waals surface area contributed by atoms with Gasteiger partial charge < -0.3 is 5.11 Å². The van der Waals surface area contributed by atoms with Crippen molar-refractivity contribution >= 4 is 20.9 Å². The number of hydrogen-bond acceptors (Lipinski definition) is 3. The van der Waals surface area contributed by atoms with E-state index in [4.69, 9.17) is 4.57 Å². The first-order valence-electron chi connectivity index (χ1n) is 8.70. The lowest BCUT2D eigenvalue weighted by Gasteiger charge is -2.46. The normalized spacial score (nSPS) is 16.5. The number of benzene rings is 1. The highest BCUT2D eigenvalue weighted by atomic mass is 31.0. The third kappa shape index (κ3) is 3.84. The van der Waals surface area contributed by atoms with Gasteiger partial charge in [0.2, 0.25) is 0 Å². The minimum absolute atomic E-state index is 0.0274. The van der Waals surface area contributed by atoms with Crippen molar-refractivity contribution in [3.8, 4) is 0 Å². The molecule has 138 valence electrons. The van der Waals surface area contributed by atoms with Crippen molar-refractivity contribution in [1.82, 2.24) is 0 Å². The minimum atomic E-state index is -1.06. The lowest BCUT2D eigenvalue weighted by molar-refractivity contribution is -0.154. The van der Waals surface area contributed by atoms with Gasteiger partial charge in [-0.05, 0) is 58.6 Å². The average molecular weight is 364 g/mol. The van der Waals surface area contributed by atoms with Crippen molar-refractivity contribution in [1.29, 1.82) is 0 Å². The van der Waals surface area contributed by atoms with E-state index in [-0.39, 0.29) is 5.78 Å². The number of aryl methyl sites for hydroxylation is 3. The summed E-state index contributed by atoms with van der Waals surface area (Å²) in [5.41, 5.74) is 1.91. The lowest BCUT2D eigenvalue weighted by atomic mass is 9.55. The average Bonchev–Trinajstić information content (AvgIpc) is 2.56. The summed E-state index contributed by atoms with van der Waals surface area (Å²) in [6.45, 7) is 9.37. The molecule has 25 heavy (non-hydrogen) atoms. The van der Waals surface area contributed by atoms with E-state index in [1.165, 1.54) is 0 Å². The molecule has 1 aromatic rings. The molecular weight excluding hydrogens is 335 g/mol. The molecule has 2 rings (SSSR count). The van der Waals surface area contributed by atoms with Crippen LogP contribution in [-0.2, 0) is 9.36 Å². The van der Waals surface area contributed by atoms with E-state index in [0.717, 1.165) is 41.5 Å². The molecule has 1 saturated carbocycles.